The van der Waals surface area contributed by atoms with Gasteiger partial charge in [-0.1, -0.05) is 42.5 Å². The van der Waals surface area contributed by atoms with E-state index >= 15 is 0 Å². The monoisotopic (exact) mass is 457 g/mol. The second kappa shape index (κ2) is 9.70. The maximum absolute atomic E-state index is 12.8. The number of piperidine rings is 1. The Kier molecular flexibility index (Phi) is 6.95. The third-order valence-corrected chi connectivity index (χ3v) is 8.54. The standard InChI is InChI=1S/C24H31N3O4S/c25-24(28)21-8-6-18(7-9-21)12-15-32(30,31)26-13-10-19(11-14-26)17-27(29)23-16-22(23)20-4-2-1-3-5-20/h1-9,19,22-23,29H,10-17H2,(H2,25,28). The molecule has 7 nitrogen and oxygen atoms in total. The number of aryl methyl sites for hydroxylation is 1. The van der Waals surface area contributed by atoms with Crippen molar-refractivity contribution in [1.29, 1.82) is 0 Å². The van der Waals surface area contributed by atoms with Crippen molar-refractivity contribution in [3.63, 3.8) is 0 Å². The number of hydroxylamine groups is 2. The molecule has 2 atom stereocenters. The quantitative estimate of drug-likeness (QED) is 0.564. The van der Waals surface area contributed by atoms with Crippen molar-refractivity contribution in [3.05, 3.63) is 71.3 Å². The van der Waals surface area contributed by atoms with Crippen molar-refractivity contribution in [3.8, 4) is 0 Å². The van der Waals surface area contributed by atoms with Gasteiger partial charge in [0.25, 0.3) is 0 Å². The highest BCUT2D eigenvalue weighted by molar-refractivity contribution is 7.89. The van der Waals surface area contributed by atoms with Crippen molar-refractivity contribution in [2.24, 2.45) is 11.7 Å². The Hall–Kier alpha value is -2.26. The average molecular weight is 458 g/mol. The zero-order valence-corrected chi connectivity index (χ0v) is 19.0. The number of hydrogen-bond acceptors (Lipinski definition) is 5. The van der Waals surface area contributed by atoms with Crippen LogP contribution in [0.3, 0.4) is 0 Å². The van der Waals surface area contributed by atoms with Crippen LogP contribution in [0.15, 0.2) is 54.6 Å². The van der Waals surface area contributed by atoms with Crippen molar-refractivity contribution in [1.82, 2.24) is 9.37 Å². The molecule has 1 saturated heterocycles. The van der Waals surface area contributed by atoms with Gasteiger partial charge in [0.05, 0.1) is 5.75 Å². The summed E-state index contributed by atoms with van der Waals surface area (Å²) in [5.41, 5.74) is 7.78. The smallest absolute Gasteiger partial charge is 0.248 e. The largest absolute Gasteiger partial charge is 0.366 e. The third-order valence-electron chi connectivity index (χ3n) is 6.67. The summed E-state index contributed by atoms with van der Waals surface area (Å²) in [5.74, 6) is 0.231. The summed E-state index contributed by atoms with van der Waals surface area (Å²) in [4.78, 5) is 11.2. The van der Waals surface area contributed by atoms with Crippen LogP contribution in [0.25, 0.3) is 0 Å². The lowest BCUT2D eigenvalue weighted by molar-refractivity contribution is -0.114. The van der Waals surface area contributed by atoms with E-state index in [0.717, 1.165) is 24.8 Å². The number of carbonyl (C=O) groups is 1. The van der Waals surface area contributed by atoms with E-state index in [2.05, 4.69) is 12.1 Å². The van der Waals surface area contributed by atoms with Gasteiger partial charge in [-0.3, -0.25) is 4.79 Å². The van der Waals surface area contributed by atoms with Crippen molar-refractivity contribution < 1.29 is 18.4 Å². The summed E-state index contributed by atoms with van der Waals surface area (Å²) in [6, 6.07) is 17.2. The molecule has 1 aliphatic carbocycles. The number of hydrogen-bond donors (Lipinski definition) is 2. The molecule has 2 unspecified atom stereocenters. The fraction of sp³-hybridized carbons (Fsp3) is 0.458. The Balaban J connectivity index is 1.22. The second-order valence-corrected chi connectivity index (χ2v) is 11.0. The first-order valence-electron chi connectivity index (χ1n) is 11.2. The van der Waals surface area contributed by atoms with Crippen LogP contribution in [-0.2, 0) is 16.4 Å². The molecule has 1 aliphatic heterocycles. The van der Waals surface area contributed by atoms with Crippen LogP contribution in [0.4, 0.5) is 0 Å². The molecule has 172 valence electrons. The van der Waals surface area contributed by atoms with Crippen molar-refractivity contribution in [2.45, 2.75) is 37.6 Å². The zero-order valence-electron chi connectivity index (χ0n) is 18.1. The maximum Gasteiger partial charge on any atom is 0.248 e. The first kappa shape index (κ1) is 22.9. The number of primary amides is 1. The molecule has 8 heteroatoms. The molecule has 0 radical (unpaired) electrons. The fourth-order valence-corrected chi connectivity index (χ4v) is 6.07. The van der Waals surface area contributed by atoms with E-state index in [4.69, 9.17) is 5.73 Å². The molecule has 3 N–H and O–H groups in total. The molecule has 2 aromatic rings. The van der Waals surface area contributed by atoms with Crippen molar-refractivity contribution >= 4 is 15.9 Å². The van der Waals surface area contributed by atoms with Gasteiger partial charge in [-0.15, -0.1) is 0 Å². The minimum Gasteiger partial charge on any atom is -0.366 e. The normalized spacial score (nSPS) is 22.2. The Labute approximate surface area is 189 Å². The van der Waals surface area contributed by atoms with Crippen LogP contribution >= 0.6 is 0 Å². The lowest BCUT2D eigenvalue weighted by Gasteiger charge is -2.32. The lowest BCUT2D eigenvalue weighted by atomic mass is 9.98. The molecule has 1 saturated carbocycles. The number of benzene rings is 2. The Morgan fingerprint density at radius 2 is 1.72 bits per heavy atom. The predicted molar refractivity (Wildman–Crippen MR) is 123 cm³/mol. The summed E-state index contributed by atoms with van der Waals surface area (Å²) in [5, 5.41) is 12.0. The van der Waals surface area contributed by atoms with Crippen LogP contribution < -0.4 is 5.73 Å². The minimum absolute atomic E-state index is 0.0422. The van der Waals surface area contributed by atoms with E-state index in [1.54, 1.807) is 28.6 Å². The molecular weight excluding hydrogens is 426 g/mol. The van der Waals surface area contributed by atoms with E-state index in [9.17, 15) is 18.4 Å². The number of carbonyl (C=O) groups excluding carboxylic acids is 1. The molecule has 1 heterocycles. The maximum atomic E-state index is 12.8. The summed E-state index contributed by atoms with van der Waals surface area (Å²) < 4.78 is 27.1. The van der Waals surface area contributed by atoms with Gasteiger partial charge >= 0.3 is 0 Å². The van der Waals surface area contributed by atoms with Gasteiger partial charge in [0.15, 0.2) is 0 Å². The Bertz CT molecular complexity index is 1020. The fourth-order valence-electron chi connectivity index (χ4n) is 4.55. The van der Waals surface area contributed by atoms with Gasteiger partial charge in [-0.05, 0) is 54.9 Å². The second-order valence-electron chi connectivity index (χ2n) is 8.91. The van der Waals surface area contributed by atoms with E-state index in [0.29, 0.717) is 43.5 Å². The van der Waals surface area contributed by atoms with Gasteiger partial charge in [-0.25, -0.2) is 12.7 Å². The van der Waals surface area contributed by atoms with Crippen molar-refractivity contribution in [2.75, 3.05) is 25.4 Å². The summed E-state index contributed by atoms with van der Waals surface area (Å²) in [6.45, 7) is 1.58. The molecular formula is C24H31N3O4S. The van der Waals surface area contributed by atoms with Crippen LogP contribution in [-0.4, -0.2) is 60.3 Å². The van der Waals surface area contributed by atoms with Crippen LogP contribution in [0, 0.1) is 5.92 Å². The van der Waals surface area contributed by atoms with Gasteiger partial charge in [0, 0.05) is 37.2 Å². The number of amides is 1. The van der Waals surface area contributed by atoms with Gasteiger partial charge in [-0.2, -0.15) is 5.06 Å². The van der Waals surface area contributed by atoms with Gasteiger partial charge in [0.2, 0.25) is 15.9 Å². The SMILES string of the molecule is NC(=O)c1ccc(CCS(=O)(=O)N2CCC(CN(O)C3CC3c3ccccc3)CC2)cc1. The molecule has 32 heavy (non-hydrogen) atoms. The topological polar surface area (TPSA) is 104 Å². The number of rotatable bonds is 9. The average Bonchev–Trinajstić information content (AvgIpc) is 3.60. The summed E-state index contributed by atoms with van der Waals surface area (Å²) in [6.07, 6.45) is 2.88. The van der Waals surface area contributed by atoms with Gasteiger partial charge in [0.1, 0.15) is 0 Å². The number of sulfonamides is 1. The molecule has 0 bridgehead atoms. The highest BCUT2D eigenvalue weighted by Gasteiger charge is 2.43. The Morgan fingerprint density at radius 3 is 2.34 bits per heavy atom. The van der Waals surface area contributed by atoms with Gasteiger partial charge < -0.3 is 10.9 Å². The number of nitrogens with two attached hydrogens (primary N) is 1. The molecule has 0 aromatic heterocycles. The predicted octanol–water partition coefficient (Wildman–Crippen LogP) is 2.62. The van der Waals surface area contributed by atoms with E-state index < -0.39 is 15.9 Å². The summed E-state index contributed by atoms with van der Waals surface area (Å²) >= 11 is 0. The molecule has 2 aromatic carbocycles. The van der Waals surface area contributed by atoms with E-state index in [1.165, 1.54) is 10.6 Å². The highest BCUT2D eigenvalue weighted by Crippen LogP contribution is 2.44. The molecule has 0 spiro atoms. The number of nitrogens with zero attached hydrogens (tertiary/aromatic N) is 2. The molecule has 2 aliphatic rings. The zero-order chi connectivity index (χ0) is 22.7. The minimum atomic E-state index is -3.34. The van der Waals surface area contributed by atoms with E-state index in [-0.39, 0.29) is 11.8 Å². The first-order valence-corrected chi connectivity index (χ1v) is 12.8. The Morgan fingerprint density at radius 1 is 1.06 bits per heavy atom. The first-order chi connectivity index (χ1) is 15.3. The summed E-state index contributed by atoms with van der Waals surface area (Å²) in [7, 11) is -3.34. The van der Waals surface area contributed by atoms with E-state index in [1.807, 2.05) is 18.2 Å². The third kappa shape index (κ3) is 5.56. The molecule has 1 amide bonds. The lowest BCUT2D eigenvalue weighted by Crippen LogP contribution is -2.42. The van der Waals surface area contributed by atoms with Crippen LogP contribution in [0.1, 0.15) is 46.7 Å². The molecule has 2 fully saturated rings. The molecule has 4 rings (SSSR count). The highest BCUT2D eigenvalue weighted by atomic mass is 32.2. The van der Waals surface area contributed by atoms with Crippen LogP contribution in [0.2, 0.25) is 0 Å². The van der Waals surface area contributed by atoms with Crippen LogP contribution in [0.5, 0.6) is 0 Å².